The van der Waals surface area contributed by atoms with Gasteiger partial charge < -0.3 is 11.1 Å². The molecule has 0 atom stereocenters. The zero-order valence-electron chi connectivity index (χ0n) is 15.3. The molecule has 3 aromatic heterocycles. The van der Waals surface area contributed by atoms with E-state index in [9.17, 15) is 4.79 Å². The quantitative estimate of drug-likeness (QED) is 0.735. The van der Waals surface area contributed by atoms with E-state index in [1.165, 1.54) is 0 Å². The molecule has 0 aromatic carbocycles. The molecule has 0 bridgehead atoms. The van der Waals surface area contributed by atoms with Crippen molar-refractivity contribution in [3.8, 4) is 11.3 Å². The second-order valence-corrected chi connectivity index (χ2v) is 7.06. The highest BCUT2D eigenvalue weighted by Gasteiger charge is 2.19. The monoisotopic (exact) mass is 354 g/mol. The normalized spacial score (nSPS) is 11.5. The van der Waals surface area contributed by atoms with Crippen LogP contribution in [0.2, 0.25) is 0 Å². The molecule has 0 spiro atoms. The van der Waals surface area contributed by atoms with Gasteiger partial charge in [0.2, 0.25) is 11.9 Å². The molecule has 136 valence electrons. The van der Waals surface area contributed by atoms with Crippen LogP contribution in [-0.2, 0) is 23.8 Å². The fourth-order valence-corrected chi connectivity index (χ4v) is 2.40. The maximum absolute atomic E-state index is 12.3. The Labute approximate surface area is 151 Å². The first-order valence-corrected chi connectivity index (χ1v) is 8.18. The van der Waals surface area contributed by atoms with Crippen molar-refractivity contribution in [3.63, 3.8) is 0 Å². The average molecular weight is 354 g/mol. The summed E-state index contributed by atoms with van der Waals surface area (Å²) >= 11 is 0. The van der Waals surface area contributed by atoms with Gasteiger partial charge in [0, 0.05) is 36.5 Å². The van der Waals surface area contributed by atoms with E-state index >= 15 is 0 Å². The van der Waals surface area contributed by atoms with Crippen molar-refractivity contribution in [2.24, 2.45) is 7.05 Å². The van der Waals surface area contributed by atoms with E-state index in [0.29, 0.717) is 11.5 Å². The van der Waals surface area contributed by atoms with Crippen LogP contribution in [0.3, 0.4) is 0 Å². The molecular formula is C17H22N8O. The van der Waals surface area contributed by atoms with Crippen LogP contribution < -0.4 is 11.1 Å². The summed E-state index contributed by atoms with van der Waals surface area (Å²) in [6.07, 6.45) is 4.96. The molecular weight excluding hydrogens is 332 g/mol. The van der Waals surface area contributed by atoms with E-state index < -0.39 is 0 Å². The summed E-state index contributed by atoms with van der Waals surface area (Å²) < 4.78 is 3.21. The molecule has 0 aliphatic rings. The first-order valence-electron chi connectivity index (χ1n) is 8.18. The summed E-state index contributed by atoms with van der Waals surface area (Å²) in [7, 11) is 1.80. The molecule has 0 aliphatic carbocycles. The lowest BCUT2D eigenvalue weighted by Gasteiger charge is -2.13. The fourth-order valence-electron chi connectivity index (χ4n) is 2.40. The second-order valence-electron chi connectivity index (χ2n) is 7.06. The van der Waals surface area contributed by atoms with Gasteiger partial charge in [-0.05, 0) is 6.07 Å². The van der Waals surface area contributed by atoms with Gasteiger partial charge >= 0.3 is 0 Å². The van der Waals surface area contributed by atoms with Gasteiger partial charge in [-0.2, -0.15) is 10.2 Å². The van der Waals surface area contributed by atoms with E-state index in [-0.39, 0.29) is 23.8 Å². The minimum absolute atomic E-state index is 0.0800. The number of nitrogens with two attached hydrogens (primary N) is 1. The van der Waals surface area contributed by atoms with Gasteiger partial charge in [-0.1, -0.05) is 20.8 Å². The number of hydrogen-bond acceptors (Lipinski definition) is 6. The van der Waals surface area contributed by atoms with Crippen molar-refractivity contribution in [3.05, 3.63) is 36.4 Å². The van der Waals surface area contributed by atoms with E-state index in [0.717, 1.165) is 11.3 Å². The fraction of sp³-hybridized carbons (Fsp3) is 0.353. The SMILES string of the molecule is Cn1nc(C(C)(C)C)cc1NC(=O)Cn1cc(-c2ccnc(N)n2)cn1. The number of nitrogens with one attached hydrogen (secondary N) is 1. The number of amides is 1. The van der Waals surface area contributed by atoms with Crippen LogP contribution in [-0.4, -0.2) is 35.4 Å². The minimum atomic E-state index is -0.190. The Hall–Kier alpha value is -3.23. The van der Waals surface area contributed by atoms with Crippen LogP contribution in [0.5, 0.6) is 0 Å². The predicted molar refractivity (Wildman–Crippen MR) is 98.2 cm³/mol. The van der Waals surface area contributed by atoms with Gasteiger partial charge in [0.1, 0.15) is 12.4 Å². The predicted octanol–water partition coefficient (Wildman–Crippen LogP) is 1.59. The van der Waals surface area contributed by atoms with Crippen LogP contribution in [0.25, 0.3) is 11.3 Å². The summed E-state index contributed by atoms with van der Waals surface area (Å²) in [5, 5.41) is 11.5. The molecule has 0 fully saturated rings. The summed E-state index contributed by atoms with van der Waals surface area (Å²) in [6, 6.07) is 3.62. The Balaban J connectivity index is 1.69. The minimum Gasteiger partial charge on any atom is -0.368 e. The van der Waals surface area contributed by atoms with Crippen molar-refractivity contribution in [2.45, 2.75) is 32.7 Å². The Morgan fingerprint density at radius 3 is 2.77 bits per heavy atom. The third-order valence-corrected chi connectivity index (χ3v) is 3.82. The molecule has 3 heterocycles. The molecule has 3 aromatic rings. The van der Waals surface area contributed by atoms with E-state index in [1.807, 2.05) is 6.07 Å². The molecule has 9 nitrogen and oxygen atoms in total. The van der Waals surface area contributed by atoms with Crippen LogP contribution in [0.4, 0.5) is 11.8 Å². The first-order chi connectivity index (χ1) is 12.2. The summed E-state index contributed by atoms with van der Waals surface area (Å²) in [6.45, 7) is 6.31. The maximum atomic E-state index is 12.3. The molecule has 0 radical (unpaired) electrons. The largest absolute Gasteiger partial charge is 0.368 e. The Bertz CT molecular complexity index is 934. The van der Waals surface area contributed by atoms with Gasteiger partial charge in [0.15, 0.2) is 0 Å². The summed E-state index contributed by atoms with van der Waals surface area (Å²) in [5.74, 6) is 0.653. The lowest BCUT2D eigenvalue weighted by Crippen LogP contribution is -2.20. The van der Waals surface area contributed by atoms with Crippen LogP contribution in [0.1, 0.15) is 26.5 Å². The zero-order chi connectivity index (χ0) is 18.9. The van der Waals surface area contributed by atoms with Gasteiger partial charge in [-0.3, -0.25) is 14.2 Å². The molecule has 3 rings (SSSR count). The van der Waals surface area contributed by atoms with Gasteiger partial charge in [-0.25, -0.2) is 9.97 Å². The van der Waals surface area contributed by atoms with E-state index in [4.69, 9.17) is 5.73 Å². The number of nitrogens with zero attached hydrogens (tertiary/aromatic N) is 6. The number of rotatable bonds is 4. The van der Waals surface area contributed by atoms with Crippen molar-refractivity contribution in [1.82, 2.24) is 29.5 Å². The van der Waals surface area contributed by atoms with Crippen molar-refractivity contribution < 1.29 is 4.79 Å². The maximum Gasteiger partial charge on any atom is 0.247 e. The smallest absolute Gasteiger partial charge is 0.247 e. The summed E-state index contributed by atoms with van der Waals surface area (Å²) in [5.41, 5.74) is 7.85. The average Bonchev–Trinajstić information content (AvgIpc) is 3.14. The Morgan fingerprint density at radius 1 is 1.35 bits per heavy atom. The number of anilines is 2. The van der Waals surface area contributed by atoms with Crippen LogP contribution in [0.15, 0.2) is 30.7 Å². The van der Waals surface area contributed by atoms with Crippen molar-refractivity contribution >= 4 is 17.7 Å². The standard InChI is InChI=1S/C17H22N8O/c1-17(2,3)13-7-14(24(4)23-13)22-15(26)10-25-9-11(8-20-25)12-5-6-19-16(18)21-12/h5-9H,10H2,1-4H3,(H,22,26)(H2,18,19,21). The third kappa shape index (κ3) is 3.88. The molecule has 0 saturated heterocycles. The van der Waals surface area contributed by atoms with Gasteiger partial charge in [0.25, 0.3) is 0 Å². The molecule has 0 saturated carbocycles. The number of aromatic nitrogens is 6. The summed E-state index contributed by atoms with van der Waals surface area (Å²) in [4.78, 5) is 20.3. The number of nitrogen functional groups attached to an aromatic ring is 1. The highest BCUT2D eigenvalue weighted by molar-refractivity contribution is 5.89. The van der Waals surface area contributed by atoms with Crippen molar-refractivity contribution in [1.29, 1.82) is 0 Å². The highest BCUT2D eigenvalue weighted by Crippen LogP contribution is 2.23. The lowest BCUT2D eigenvalue weighted by molar-refractivity contribution is -0.116. The number of aryl methyl sites for hydroxylation is 1. The lowest BCUT2D eigenvalue weighted by atomic mass is 9.92. The van der Waals surface area contributed by atoms with E-state index in [1.54, 1.807) is 41.1 Å². The van der Waals surface area contributed by atoms with E-state index in [2.05, 4.69) is 46.3 Å². The molecule has 1 amide bonds. The Morgan fingerprint density at radius 2 is 2.12 bits per heavy atom. The van der Waals surface area contributed by atoms with Crippen LogP contribution >= 0.6 is 0 Å². The number of carbonyl (C=O) groups excluding carboxylic acids is 1. The Kier molecular flexibility index (Phi) is 4.45. The third-order valence-electron chi connectivity index (χ3n) is 3.82. The molecule has 3 N–H and O–H groups in total. The van der Waals surface area contributed by atoms with Gasteiger partial charge in [0.05, 0.1) is 17.6 Å². The topological polar surface area (TPSA) is 117 Å². The molecule has 9 heteroatoms. The number of hydrogen-bond donors (Lipinski definition) is 2. The molecule has 0 aliphatic heterocycles. The molecule has 0 unspecified atom stereocenters. The first kappa shape index (κ1) is 17.6. The highest BCUT2D eigenvalue weighted by atomic mass is 16.2. The zero-order valence-corrected chi connectivity index (χ0v) is 15.3. The number of carbonyl (C=O) groups is 1. The van der Waals surface area contributed by atoms with Crippen molar-refractivity contribution in [2.75, 3.05) is 11.1 Å². The second kappa shape index (κ2) is 6.58. The van der Waals surface area contributed by atoms with Gasteiger partial charge in [-0.15, -0.1) is 0 Å². The van der Waals surface area contributed by atoms with Crippen LogP contribution in [0, 0.1) is 0 Å². The molecule has 26 heavy (non-hydrogen) atoms.